The van der Waals surface area contributed by atoms with E-state index in [-0.39, 0.29) is 11.1 Å². The third-order valence-electron chi connectivity index (χ3n) is 6.44. The van der Waals surface area contributed by atoms with Gasteiger partial charge in [-0.1, -0.05) is 49.1 Å². The predicted octanol–water partition coefficient (Wildman–Crippen LogP) is 1.12. The highest BCUT2D eigenvalue weighted by molar-refractivity contribution is 6.42. The molecule has 2 N–H and O–H groups in total. The number of phenols is 1. The van der Waals surface area contributed by atoms with Crippen molar-refractivity contribution in [3.8, 4) is 17.0 Å². The predicted molar refractivity (Wildman–Crippen MR) is 147 cm³/mol. The summed E-state index contributed by atoms with van der Waals surface area (Å²) >= 11 is 0. The third kappa shape index (κ3) is 4.06. The summed E-state index contributed by atoms with van der Waals surface area (Å²) in [5.41, 5.74) is 7.81. The summed E-state index contributed by atoms with van der Waals surface area (Å²) in [6.45, 7) is 10.7. The molecule has 0 spiro atoms. The molecule has 8 heteroatoms. The number of nitrogens with one attached hydrogen (secondary N) is 1. The SMILES string of the molecule is Bc1c(C)c(C(B)(C)C)c(B)c(O)c1C(=C)Nc1cc2cc(-c3cncn3C)ccc2cn1. The Morgan fingerprint density at radius 3 is 2.48 bits per heavy atom. The third-order valence-corrected chi connectivity index (χ3v) is 6.44. The second-order valence-corrected chi connectivity index (χ2v) is 9.85. The molecule has 0 fully saturated rings. The average molecular weight is 434 g/mol. The van der Waals surface area contributed by atoms with Crippen LogP contribution in [-0.2, 0) is 12.4 Å². The van der Waals surface area contributed by atoms with Crippen LogP contribution in [0.1, 0.15) is 30.5 Å². The number of hydrogen-bond acceptors (Lipinski definition) is 4. The van der Waals surface area contributed by atoms with Crippen molar-refractivity contribution in [3.63, 3.8) is 0 Å². The smallest absolute Gasteiger partial charge is 0.144 e. The van der Waals surface area contributed by atoms with Gasteiger partial charge in [0, 0.05) is 35.5 Å². The van der Waals surface area contributed by atoms with Crippen molar-refractivity contribution in [3.05, 3.63) is 66.3 Å². The first kappa shape index (κ1) is 22.8. The number of pyridine rings is 1. The molecule has 33 heavy (non-hydrogen) atoms. The number of imidazole rings is 1. The molecule has 2 heterocycles. The van der Waals surface area contributed by atoms with Crippen molar-refractivity contribution in [1.82, 2.24) is 14.5 Å². The molecule has 0 radical (unpaired) electrons. The maximum atomic E-state index is 11.1. The fraction of sp³-hybridized carbons (Fsp3) is 0.200. The lowest BCUT2D eigenvalue weighted by atomic mass is 9.60. The van der Waals surface area contributed by atoms with Crippen LogP contribution in [0.3, 0.4) is 0 Å². The Bertz CT molecular complexity index is 1370. The van der Waals surface area contributed by atoms with E-state index in [1.807, 2.05) is 45.8 Å². The zero-order valence-corrected chi connectivity index (χ0v) is 20.5. The average Bonchev–Trinajstić information content (AvgIpc) is 3.17. The van der Waals surface area contributed by atoms with Crippen molar-refractivity contribution < 1.29 is 5.11 Å². The van der Waals surface area contributed by atoms with Crippen LogP contribution >= 0.6 is 0 Å². The lowest BCUT2D eigenvalue weighted by Crippen LogP contribution is -2.34. The Morgan fingerprint density at radius 1 is 1.12 bits per heavy atom. The normalized spacial score (nSPS) is 11.6. The van der Waals surface area contributed by atoms with Gasteiger partial charge in [-0.15, -0.1) is 0 Å². The highest BCUT2D eigenvalue weighted by atomic mass is 16.3. The van der Waals surface area contributed by atoms with Gasteiger partial charge in [0.2, 0.25) is 0 Å². The quantitative estimate of drug-likeness (QED) is 0.463. The van der Waals surface area contributed by atoms with E-state index in [1.165, 1.54) is 11.1 Å². The van der Waals surface area contributed by atoms with Crippen molar-refractivity contribution in [1.29, 1.82) is 0 Å². The number of rotatable bonds is 5. The fourth-order valence-electron chi connectivity index (χ4n) is 4.86. The van der Waals surface area contributed by atoms with E-state index >= 15 is 0 Å². The summed E-state index contributed by atoms with van der Waals surface area (Å²) in [4.78, 5) is 8.80. The van der Waals surface area contributed by atoms with E-state index in [4.69, 9.17) is 0 Å². The van der Waals surface area contributed by atoms with Gasteiger partial charge in [0.05, 0.1) is 18.2 Å². The number of anilines is 1. The molecule has 5 nitrogen and oxygen atoms in total. The maximum absolute atomic E-state index is 11.1. The van der Waals surface area contributed by atoms with Crippen molar-refractivity contribution >= 4 is 56.8 Å². The van der Waals surface area contributed by atoms with Gasteiger partial charge >= 0.3 is 0 Å². The first-order chi connectivity index (χ1) is 15.5. The first-order valence-electron chi connectivity index (χ1n) is 11.1. The van der Waals surface area contributed by atoms with Crippen molar-refractivity contribution in [2.24, 2.45) is 7.05 Å². The lowest BCUT2D eigenvalue weighted by Gasteiger charge is -2.29. The number of aromatic nitrogens is 3. The maximum Gasteiger partial charge on any atom is 0.144 e. The minimum Gasteiger partial charge on any atom is -0.508 e. The molecular weight excluding hydrogens is 405 g/mol. The Kier molecular flexibility index (Phi) is 5.65. The molecule has 0 bridgehead atoms. The number of aromatic hydroxyl groups is 1. The first-order valence-corrected chi connectivity index (χ1v) is 11.1. The Hall–Kier alpha value is -3.41. The Morgan fingerprint density at radius 2 is 1.85 bits per heavy atom. The van der Waals surface area contributed by atoms with E-state index in [2.05, 4.69) is 68.7 Å². The Balaban J connectivity index is 1.72. The molecule has 0 saturated carbocycles. The highest BCUT2D eigenvalue weighted by Gasteiger charge is 2.25. The molecule has 2 aromatic heterocycles. The second-order valence-electron chi connectivity index (χ2n) is 9.85. The zero-order chi connectivity index (χ0) is 24.1. The van der Waals surface area contributed by atoms with Crippen LogP contribution in [0.4, 0.5) is 5.82 Å². The van der Waals surface area contributed by atoms with Gasteiger partial charge in [0.25, 0.3) is 0 Å². The van der Waals surface area contributed by atoms with E-state index in [0.717, 1.165) is 38.5 Å². The molecule has 0 unspecified atom stereocenters. The van der Waals surface area contributed by atoms with Gasteiger partial charge in [-0.2, -0.15) is 0 Å². The summed E-state index contributed by atoms with van der Waals surface area (Å²) < 4.78 is 2.00. The monoisotopic (exact) mass is 434 g/mol. The van der Waals surface area contributed by atoms with Gasteiger partial charge < -0.3 is 15.0 Å². The number of hydrogen-bond donors (Lipinski definition) is 2. The minimum absolute atomic E-state index is 0.0603. The van der Waals surface area contributed by atoms with Crippen LogP contribution in [-0.4, -0.2) is 43.2 Å². The van der Waals surface area contributed by atoms with Gasteiger partial charge in [0.15, 0.2) is 0 Å². The second kappa shape index (κ2) is 8.18. The van der Waals surface area contributed by atoms with Gasteiger partial charge in [-0.25, -0.2) is 9.97 Å². The number of benzene rings is 2. The van der Waals surface area contributed by atoms with E-state index in [9.17, 15) is 5.11 Å². The number of aryl methyl sites for hydroxylation is 1. The molecule has 4 rings (SSSR count). The van der Waals surface area contributed by atoms with Crippen LogP contribution < -0.4 is 16.2 Å². The minimum atomic E-state index is -0.0603. The van der Waals surface area contributed by atoms with Crippen LogP contribution in [0.15, 0.2) is 49.6 Å². The molecule has 0 aliphatic carbocycles. The van der Waals surface area contributed by atoms with E-state index < -0.39 is 0 Å². The van der Waals surface area contributed by atoms with E-state index in [1.54, 1.807) is 6.33 Å². The molecule has 0 aliphatic rings. The molecule has 0 saturated heterocycles. The molecule has 4 aromatic rings. The molecule has 0 atom stereocenters. The molecule has 0 aliphatic heterocycles. The summed E-state index contributed by atoms with van der Waals surface area (Å²) in [7, 11) is 8.18. The molecule has 0 amide bonds. The van der Waals surface area contributed by atoms with Crippen LogP contribution in [0.25, 0.3) is 27.7 Å². The fourth-order valence-corrected chi connectivity index (χ4v) is 4.86. The van der Waals surface area contributed by atoms with Crippen molar-refractivity contribution in [2.75, 3.05) is 5.32 Å². The lowest BCUT2D eigenvalue weighted by molar-refractivity contribution is 0.477. The number of fused-ring (bicyclic) bond motifs is 1. The van der Waals surface area contributed by atoms with Crippen LogP contribution in [0, 0.1) is 6.92 Å². The van der Waals surface area contributed by atoms with Gasteiger partial charge in [-0.05, 0) is 35.2 Å². The largest absolute Gasteiger partial charge is 0.508 e. The molecule has 2 aromatic carbocycles. The van der Waals surface area contributed by atoms with Crippen molar-refractivity contribution in [2.45, 2.75) is 26.1 Å². The van der Waals surface area contributed by atoms with Gasteiger partial charge in [0.1, 0.15) is 35.1 Å². The summed E-state index contributed by atoms with van der Waals surface area (Å²) in [5, 5.41) is 16.5. The zero-order valence-electron chi connectivity index (χ0n) is 20.5. The number of nitrogens with zero attached hydrogens (tertiary/aromatic N) is 3. The van der Waals surface area contributed by atoms with Crippen LogP contribution in [0.5, 0.6) is 5.75 Å². The van der Waals surface area contributed by atoms with Gasteiger partial charge in [-0.3, -0.25) is 0 Å². The summed E-state index contributed by atoms with van der Waals surface area (Å²) in [6, 6.07) is 8.29. The molecular formula is C25H29B3N4O. The standard InChI is InChI=1S/C25H29B3N4O/c1-13-21(25(3,4)28)23(27)24(33)20(22(13)26)14(2)31-19-9-17-8-15(6-7-16(17)10-30-19)18-11-29-12-32(18)5/h6-12,33H,2,26-28H2,1,3-5H3,(H,30,31). The molecule has 164 valence electrons. The van der Waals surface area contributed by atoms with Crippen LogP contribution in [0.2, 0.25) is 0 Å². The highest BCUT2D eigenvalue weighted by Crippen LogP contribution is 2.30. The Labute approximate surface area is 198 Å². The topological polar surface area (TPSA) is 63.0 Å². The summed E-state index contributed by atoms with van der Waals surface area (Å²) in [6.07, 6.45) is 5.51. The number of phenolic OH excluding ortho intramolecular Hbond substituents is 1. The van der Waals surface area contributed by atoms with E-state index in [0.29, 0.717) is 11.5 Å². The summed E-state index contributed by atoms with van der Waals surface area (Å²) in [5.74, 6) is 0.962.